The topological polar surface area (TPSA) is 507 Å². The normalized spacial score (nSPS) is 52.1. The molecule has 0 bridgehead atoms. The van der Waals surface area contributed by atoms with E-state index in [-0.39, 0.29) is 30.0 Å². The second-order valence-electron chi connectivity index (χ2n) is 30.4. The lowest BCUT2D eigenvalue weighted by molar-refractivity contribution is -0.401. The summed E-state index contributed by atoms with van der Waals surface area (Å²) in [5.41, 5.74) is -1.97. The molecule has 4 aliphatic carbocycles. The van der Waals surface area contributed by atoms with E-state index >= 15 is 0 Å². The molecule has 17 N–H and O–H groups in total. The average Bonchev–Trinajstić information content (AvgIpc) is 1.50. The maximum absolute atomic E-state index is 14.6. The van der Waals surface area contributed by atoms with Crippen molar-refractivity contribution in [3.63, 3.8) is 0 Å². The van der Waals surface area contributed by atoms with Gasteiger partial charge in [-0.2, -0.15) is 0 Å². The van der Waals surface area contributed by atoms with Gasteiger partial charge in [0.15, 0.2) is 37.7 Å². The van der Waals surface area contributed by atoms with E-state index in [1.807, 2.05) is 27.7 Å². The molecular formula is C66H104O33. The minimum absolute atomic E-state index is 0.0190. The van der Waals surface area contributed by atoms with E-state index in [0.29, 0.717) is 44.9 Å². The molecule has 566 valence electrons. The summed E-state index contributed by atoms with van der Waals surface area (Å²) in [6.45, 7) is 11.1. The van der Waals surface area contributed by atoms with Gasteiger partial charge in [-0.05, 0) is 87.9 Å². The fraction of sp³-hybridized carbons (Fsp3) is 0.909. The number of esters is 1. The molecule has 11 rings (SSSR count). The average molecular weight is 1430 g/mol. The highest BCUT2D eigenvalue weighted by molar-refractivity contribution is 5.99. The first-order valence-corrected chi connectivity index (χ1v) is 34.4. The highest BCUT2D eigenvalue weighted by atomic mass is 16.8. The van der Waals surface area contributed by atoms with Crippen LogP contribution in [0.5, 0.6) is 0 Å². The third-order valence-corrected chi connectivity index (χ3v) is 24.2. The first-order chi connectivity index (χ1) is 46.7. The number of allylic oxidation sites excluding steroid dienone is 3. The van der Waals surface area contributed by atoms with Gasteiger partial charge in [0.2, 0.25) is 0 Å². The Hall–Kier alpha value is -2.58. The van der Waals surface area contributed by atoms with Crippen molar-refractivity contribution in [2.24, 2.45) is 39.4 Å². The fourth-order valence-electron chi connectivity index (χ4n) is 19.0. The standard InChI is InChI=1S/C66H104O33/c1-25(2)10-9-15-65(7)54-28(72)18-64(6)27-11-12-35-62(3,4)36(14-16-63(35,5)26(27)13-17-66(54,64)61(85)99-65)93-60-53(46(29(73)24-87-60)96-59-45(82)49(38(75)32(21-69)91-59)97-57-42(79)40(77)37(74)30(19-67)90-57)98-58-43(80)41(78)47(34(23-71)92-58)94-51-44(81)48(33(22-70)89-55(51)83)95-52-50(86-8)39(76)31(20-68)88-56(52)84/h11,26,29-60,67-71,73-84H,1,9-10,12-24H2,2-8H3/t26-,29-,30-,31-,32-,33-,34-,35+,36+,37-,38-,39-,40+,41-,42-,43-,44+,45-,46+,47-,48-,49+,50+,51-,52-,53-,54-,55-,56-,57+,58+,59+,60+,63-,64+,65+,66-/m1/s1. The second kappa shape index (κ2) is 30.0. The molecule has 99 heavy (non-hydrogen) atoms. The van der Waals surface area contributed by atoms with Crippen LogP contribution in [0, 0.1) is 39.4 Å². The number of aliphatic hydroxyl groups excluding tert-OH is 17. The van der Waals surface area contributed by atoms with E-state index in [2.05, 4.69) is 26.5 Å². The zero-order valence-electron chi connectivity index (χ0n) is 56.6. The number of fused-ring (bicyclic) bond motifs is 4. The van der Waals surface area contributed by atoms with Crippen LogP contribution in [0.2, 0.25) is 0 Å². The van der Waals surface area contributed by atoms with Crippen molar-refractivity contribution < 1.29 is 163 Å². The smallest absolute Gasteiger partial charge is 0.314 e. The summed E-state index contributed by atoms with van der Waals surface area (Å²) >= 11 is 0. The van der Waals surface area contributed by atoms with Gasteiger partial charge in [-0.1, -0.05) is 44.9 Å². The largest absolute Gasteiger partial charge is 0.458 e. The molecule has 10 fully saturated rings. The Morgan fingerprint density at radius 3 is 1.72 bits per heavy atom. The third-order valence-electron chi connectivity index (χ3n) is 24.2. The molecular weight excluding hydrogens is 1320 g/mol. The number of rotatable bonds is 22. The van der Waals surface area contributed by atoms with Crippen LogP contribution in [0.15, 0.2) is 23.8 Å². The van der Waals surface area contributed by atoms with Gasteiger partial charge in [-0.15, -0.1) is 6.58 Å². The lowest BCUT2D eigenvalue weighted by atomic mass is 9.41. The SMILES string of the molecule is C=C(C)CCC[C@]1(C)OC(=O)[C@]23CC[C@@H]4C(=CC[C@H]5C(C)(C)[C@@H](O[C@@H]6OC[C@@H](O)[C@H](O[C@@H]7O[C@H](CO)[C@@H](O)[C@H](O[C@@H]8O[C@H](CO)[C@@H](O)[C@H](O)[C@H]8O)[C@H]7O)[C@H]6O[C@@H]6O[C@H](CO)[C@@H](O[C@@H]7[C@@H](O)[C@H](O[C@@H]8[C@@H](OC)[C@H](O)[C@@H](CO)O[C@H]8O)[C@@H](CO)O[C@H]7O)[C@H](O)[C@H]6O)CC[C@]45C)[C@]2(C)CC(=O)[C@@H]31. The first-order valence-electron chi connectivity index (χ1n) is 34.4. The van der Waals surface area contributed by atoms with Crippen molar-refractivity contribution in [3.8, 4) is 0 Å². The molecule has 3 saturated carbocycles. The second-order valence-corrected chi connectivity index (χ2v) is 30.4. The van der Waals surface area contributed by atoms with Crippen LogP contribution in [0.1, 0.15) is 99.3 Å². The Labute approximate surface area is 571 Å². The van der Waals surface area contributed by atoms with Gasteiger partial charge < -0.3 is 153 Å². The first kappa shape index (κ1) is 77.5. The van der Waals surface area contributed by atoms with E-state index in [1.54, 1.807) is 0 Å². The highest BCUT2D eigenvalue weighted by Crippen LogP contribution is 2.75. The monoisotopic (exact) mass is 1420 g/mol. The van der Waals surface area contributed by atoms with Gasteiger partial charge in [0.05, 0.1) is 57.1 Å². The Bertz CT molecular complexity index is 2830. The molecule has 0 aromatic heterocycles. The predicted octanol–water partition coefficient (Wildman–Crippen LogP) is -5.59. The van der Waals surface area contributed by atoms with E-state index < -0.39 is 257 Å². The maximum Gasteiger partial charge on any atom is 0.314 e. The van der Waals surface area contributed by atoms with Crippen LogP contribution in [0.3, 0.4) is 0 Å². The lowest BCUT2D eigenvalue weighted by Gasteiger charge is -2.63. The molecule has 33 nitrogen and oxygen atoms in total. The summed E-state index contributed by atoms with van der Waals surface area (Å²) in [6.07, 6.45) is -47.6. The molecule has 37 atom stereocenters. The van der Waals surface area contributed by atoms with E-state index in [9.17, 15) is 96.4 Å². The molecule has 7 aliphatic heterocycles. The fourth-order valence-corrected chi connectivity index (χ4v) is 19.0. The Morgan fingerprint density at radius 1 is 0.545 bits per heavy atom. The van der Waals surface area contributed by atoms with Gasteiger partial charge in [-0.3, -0.25) is 9.59 Å². The molecule has 0 aromatic carbocycles. The van der Waals surface area contributed by atoms with E-state index in [0.717, 1.165) is 24.7 Å². The number of carbonyl (C=O) groups is 2. The molecule has 0 radical (unpaired) electrons. The quantitative estimate of drug-likeness (QED) is 0.0355. The highest BCUT2D eigenvalue weighted by Gasteiger charge is 2.79. The predicted molar refractivity (Wildman–Crippen MR) is 327 cm³/mol. The van der Waals surface area contributed by atoms with Crippen LogP contribution in [0.4, 0.5) is 0 Å². The number of ketones is 1. The summed E-state index contributed by atoms with van der Waals surface area (Å²) in [7, 11) is 1.16. The number of methoxy groups -OCH3 is 1. The molecule has 33 heteroatoms. The molecule has 0 unspecified atom stereocenters. The Balaban J connectivity index is 0.869. The van der Waals surface area contributed by atoms with E-state index in [4.69, 9.17) is 66.3 Å². The van der Waals surface area contributed by atoms with Crippen LogP contribution in [-0.2, 0) is 75.9 Å². The van der Waals surface area contributed by atoms with Crippen LogP contribution in [0.25, 0.3) is 0 Å². The van der Waals surface area contributed by atoms with Gasteiger partial charge in [-0.25, -0.2) is 0 Å². The van der Waals surface area contributed by atoms with Crippen LogP contribution >= 0.6 is 0 Å². The molecule has 7 heterocycles. The molecule has 0 amide bonds. The van der Waals surface area contributed by atoms with Crippen molar-refractivity contribution in [2.75, 3.05) is 46.8 Å². The Kier molecular flexibility index (Phi) is 23.5. The molecule has 0 aromatic rings. The van der Waals surface area contributed by atoms with Gasteiger partial charge in [0.25, 0.3) is 0 Å². The van der Waals surface area contributed by atoms with Crippen molar-refractivity contribution in [1.29, 1.82) is 0 Å². The van der Waals surface area contributed by atoms with Crippen molar-refractivity contribution in [2.45, 2.75) is 289 Å². The van der Waals surface area contributed by atoms with Crippen molar-refractivity contribution in [1.82, 2.24) is 0 Å². The summed E-state index contributed by atoms with van der Waals surface area (Å²) in [6, 6.07) is 0. The zero-order chi connectivity index (χ0) is 72.1. The van der Waals surface area contributed by atoms with Crippen LogP contribution in [-0.4, -0.2) is 335 Å². The van der Waals surface area contributed by atoms with Gasteiger partial charge in [0.1, 0.15) is 152 Å². The Morgan fingerprint density at radius 2 is 1.08 bits per heavy atom. The number of aliphatic hydroxyl groups is 17. The number of hydrogen-bond acceptors (Lipinski definition) is 33. The number of carbonyl (C=O) groups excluding carboxylic acids is 2. The summed E-state index contributed by atoms with van der Waals surface area (Å²) in [5.74, 6) is -1.13. The maximum atomic E-state index is 14.6. The number of cyclic esters (lactones) is 1. The number of Topliss-reactive ketones (excluding diaryl/α,β-unsaturated/α-hetero) is 1. The lowest BCUT2D eigenvalue weighted by Crippen LogP contribution is -2.68. The van der Waals surface area contributed by atoms with Crippen molar-refractivity contribution in [3.05, 3.63) is 23.8 Å². The van der Waals surface area contributed by atoms with E-state index in [1.165, 1.54) is 0 Å². The zero-order valence-corrected chi connectivity index (χ0v) is 56.6. The van der Waals surface area contributed by atoms with Gasteiger partial charge >= 0.3 is 5.97 Å². The van der Waals surface area contributed by atoms with Crippen molar-refractivity contribution >= 4 is 11.8 Å². The number of hydrogen-bond donors (Lipinski definition) is 17. The third kappa shape index (κ3) is 13.4. The molecule has 1 spiro atoms. The minimum Gasteiger partial charge on any atom is -0.458 e. The minimum atomic E-state index is -2.24. The molecule has 7 saturated heterocycles. The summed E-state index contributed by atoms with van der Waals surface area (Å²) < 4.78 is 84.4. The summed E-state index contributed by atoms with van der Waals surface area (Å²) in [5, 5.41) is 188. The van der Waals surface area contributed by atoms with Gasteiger partial charge in [0, 0.05) is 18.9 Å². The summed E-state index contributed by atoms with van der Waals surface area (Å²) in [4.78, 5) is 29.1. The number of ether oxygens (including phenoxy) is 14. The molecule has 11 aliphatic rings. The van der Waals surface area contributed by atoms with Crippen LogP contribution < -0.4 is 0 Å².